The highest BCUT2D eigenvalue weighted by atomic mass is 16.5. The van der Waals surface area contributed by atoms with Crippen molar-refractivity contribution in [2.45, 2.75) is 32.7 Å². The molecule has 0 heterocycles. The average molecular weight is 306 g/mol. The average Bonchev–Trinajstić information content (AvgIpc) is 2.47. The second kappa shape index (κ2) is 8.81. The van der Waals surface area contributed by atoms with Crippen molar-refractivity contribution >= 4 is 17.8 Å². The van der Waals surface area contributed by atoms with Crippen molar-refractivity contribution in [3.63, 3.8) is 0 Å². The van der Waals surface area contributed by atoms with E-state index < -0.39 is 23.8 Å². The Labute approximate surface area is 130 Å². The van der Waals surface area contributed by atoms with Crippen LogP contribution in [0.4, 0.5) is 0 Å². The smallest absolute Gasteiger partial charge is 0.308 e. The molecule has 0 saturated carbocycles. The van der Waals surface area contributed by atoms with Crippen LogP contribution in [0.1, 0.15) is 25.8 Å². The number of amides is 2. The molecule has 0 unspecified atom stereocenters. The molecule has 0 bridgehead atoms. The Morgan fingerprint density at radius 3 is 2.41 bits per heavy atom. The van der Waals surface area contributed by atoms with E-state index in [4.69, 9.17) is 10.5 Å². The summed E-state index contributed by atoms with van der Waals surface area (Å²) in [6.07, 6.45) is 0.271. The number of primary amides is 1. The predicted molar refractivity (Wildman–Crippen MR) is 81.7 cm³/mol. The van der Waals surface area contributed by atoms with Gasteiger partial charge in [0.05, 0.1) is 18.9 Å². The molecule has 0 aliphatic heterocycles. The first-order valence-corrected chi connectivity index (χ1v) is 7.23. The minimum Gasteiger partial charge on any atom is -0.466 e. The molecule has 1 aromatic rings. The first-order chi connectivity index (χ1) is 10.4. The van der Waals surface area contributed by atoms with Gasteiger partial charge in [-0.15, -0.1) is 0 Å². The monoisotopic (exact) mass is 306 g/mol. The molecule has 22 heavy (non-hydrogen) atoms. The van der Waals surface area contributed by atoms with Crippen LogP contribution in [0.5, 0.6) is 0 Å². The predicted octanol–water partition coefficient (Wildman–Crippen LogP) is 0.788. The summed E-state index contributed by atoms with van der Waals surface area (Å²) in [6, 6.07) is 8.26. The molecule has 6 nitrogen and oxygen atoms in total. The first kappa shape index (κ1) is 17.7. The summed E-state index contributed by atoms with van der Waals surface area (Å²) in [7, 11) is 0. The summed E-state index contributed by atoms with van der Waals surface area (Å²) >= 11 is 0. The van der Waals surface area contributed by atoms with Crippen LogP contribution >= 0.6 is 0 Å². The van der Waals surface area contributed by atoms with Crippen LogP contribution in [0.3, 0.4) is 0 Å². The van der Waals surface area contributed by atoms with Gasteiger partial charge in [0, 0.05) is 0 Å². The third-order valence-corrected chi connectivity index (χ3v) is 3.16. The van der Waals surface area contributed by atoms with E-state index in [2.05, 4.69) is 5.32 Å². The van der Waals surface area contributed by atoms with Gasteiger partial charge in [-0.3, -0.25) is 14.4 Å². The fourth-order valence-electron chi connectivity index (χ4n) is 2.01. The number of benzene rings is 1. The van der Waals surface area contributed by atoms with Crippen molar-refractivity contribution in [3.05, 3.63) is 35.9 Å². The fourth-order valence-corrected chi connectivity index (χ4v) is 2.01. The van der Waals surface area contributed by atoms with Crippen molar-refractivity contribution in [2.24, 2.45) is 11.7 Å². The van der Waals surface area contributed by atoms with E-state index in [0.29, 0.717) is 0 Å². The minimum absolute atomic E-state index is 0.120. The van der Waals surface area contributed by atoms with Crippen molar-refractivity contribution in [1.82, 2.24) is 5.32 Å². The van der Waals surface area contributed by atoms with Gasteiger partial charge in [-0.05, 0) is 18.9 Å². The van der Waals surface area contributed by atoms with Crippen LogP contribution in [0.15, 0.2) is 30.3 Å². The molecular weight excluding hydrogens is 284 g/mol. The van der Waals surface area contributed by atoms with Gasteiger partial charge >= 0.3 is 5.97 Å². The van der Waals surface area contributed by atoms with Crippen LogP contribution in [0.2, 0.25) is 0 Å². The Balaban J connectivity index is 2.58. The first-order valence-electron chi connectivity index (χ1n) is 7.23. The number of carbonyl (C=O) groups excluding carboxylic acids is 3. The largest absolute Gasteiger partial charge is 0.466 e. The molecule has 1 aromatic carbocycles. The van der Waals surface area contributed by atoms with E-state index in [1.807, 2.05) is 30.3 Å². The van der Waals surface area contributed by atoms with E-state index in [1.54, 1.807) is 13.8 Å². The second-order valence-corrected chi connectivity index (χ2v) is 5.07. The molecule has 0 fully saturated rings. The highest BCUT2D eigenvalue weighted by Gasteiger charge is 2.25. The highest BCUT2D eigenvalue weighted by Crippen LogP contribution is 2.09. The Morgan fingerprint density at radius 1 is 1.23 bits per heavy atom. The van der Waals surface area contributed by atoms with Gasteiger partial charge in [-0.25, -0.2) is 0 Å². The van der Waals surface area contributed by atoms with Crippen molar-refractivity contribution in [1.29, 1.82) is 0 Å². The number of hydrogen-bond acceptors (Lipinski definition) is 4. The van der Waals surface area contributed by atoms with Crippen molar-refractivity contribution in [2.75, 3.05) is 6.61 Å². The maximum atomic E-state index is 12.0. The van der Waals surface area contributed by atoms with Crippen molar-refractivity contribution < 1.29 is 19.1 Å². The van der Waals surface area contributed by atoms with E-state index in [1.165, 1.54) is 0 Å². The lowest BCUT2D eigenvalue weighted by molar-refractivity contribution is -0.148. The van der Waals surface area contributed by atoms with Crippen LogP contribution < -0.4 is 11.1 Å². The number of carbonyl (C=O) groups is 3. The quantitative estimate of drug-likeness (QED) is 0.694. The van der Waals surface area contributed by atoms with E-state index in [-0.39, 0.29) is 25.4 Å². The Kier molecular flexibility index (Phi) is 7.08. The molecule has 0 radical (unpaired) electrons. The Hall–Kier alpha value is -2.37. The molecule has 0 saturated heterocycles. The van der Waals surface area contributed by atoms with Gasteiger partial charge in [-0.2, -0.15) is 0 Å². The molecule has 0 aliphatic carbocycles. The zero-order valence-electron chi connectivity index (χ0n) is 12.9. The lowest BCUT2D eigenvalue weighted by Crippen LogP contribution is -2.46. The third kappa shape index (κ3) is 5.95. The van der Waals surface area contributed by atoms with Gasteiger partial charge in [0.1, 0.15) is 6.04 Å². The maximum absolute atomic E-state index is 12.0. The molecule has 2 atom stereocenters. The topological polar surface area (TPSA) is 98.5 Å². The molecule has 1 rings (SSSR count). The van der Waals surface area contributed by atoms with Crippen LogP contribution in [-0.2, 0) is 25.5 Å². The van der Waals surface area contributed by atoms with Crippen LogP contribution in [0.25, 0.3) is 0 Å². The number of nitrogens with one attached hydrogen (secondary N) is 1. The van der Waals surface area contributed by atoms with Gasteiger partial charge in [0.15, 0.2) is 0 Å². The van der Waals surface area contributed by atoms with Crippen molar-refractivity contribution in [3.8, 4) is 0 Å². The summed E-state index contributed by atoms with van der Waals surface area (Å²) in [4.78, 5) is 35.0. The van der Waals surface area contributed by atoms with Gasteiger partial charge in [0.25, 0.3) is 0 Å². The van der Waals surface area contributed by atoms with Gasteiger partial charge < -0.3 is 15.8 Å². The summed E-state index contributed by atoms with van der Waals surface area (Å²) in [5.74, 6) is -1.91. The minimum atomic E-state index is -0.893. The molecule has 0 aliphatic rings. The standard InChI is InChI=1S/C16H22N2O4/c1-3-22-16(21)11(2)9-13(15(17)20)18-14(19)10-12-7-5-4-6-8-12/h4-8,11,13H,3,9-10H2,1-2H3,(H2,17,20)(H,18,19)/t11-,13+/m0/s1. The molecule has 0 spiro atoms. The maximum Gasteiger partial charge on any atom is 0.308 e. The Bertz CT molecular complexity index is 516. The molecule has 2 amide bonds. The third-order valence-electron chi connectivity index (χ3n) is 3.16. The molecule has 6 heteroatoms. The number of hydrogen-bond donors (Lipinski definition) is 2. The molecule has 0 aromatic heterocycles. The highest BCUT2D eigenvalue weighted by molar-refractivity contribution is 5.88. The van der Waals surface area contributed by atoms with E-state index in [9.17, 15) is 14.4 Å². The fraction of sp³-hybridized carbons (Fsp3) is 0.438. The summed E-state index contributed by atoms with van der Waals surface area (Å²) in [6.45, 7) is 3.61. The Morgan fingerprint density at radius 2 is 1.86 bits per heavy atom. The van der Waals surface area contributed by atoms with Crippen LogP contribution in [0, 0.1) is 5.92 Å². The summed E-state index contributed by atoms with van der Waals surface area (Å²) in [5.41, 5.74) is 6.13. The zero-order chi connectivity index (χ0) is 16.5. The molecular formula is C16H22N2O4. The number of esters is 1. The van der Waals surface area contributed by atoms with Crippen LogP contribution in [-0.4, -0.2) is 30.4 Å². The van der Waals surface area contributed by atoms with E-state index in [0.717, 1.165) is 5.56 Å². The van der Waals surface area contributed by atoms with Gasteiger partial charge in [0.2, 0.25) is 11.8 Å². The molecule has 3 N–H and O–H groups in total. The van der Waals surface area contributed by atoms with E-state index >= 15 is 0 Å². The lowest BCUT2D eigenvalue weighted by Gasteiger charge is -2.18. The zero-order valence-corrected chi connectivity index (χ0v) is 12.9. The second-order valence-electron chi connectivity index (χ2n) is 5.07. The number of rotatable bonds is 8. The number of ether oxygens (including phenoxy) is 1. The lowest BCUT2D eigenvalue weighted by atomic mass is 10.0. The van der Waals surface area contributed by atoms with Gasteiger partial charge in [-0.1, -0.05) is 37.3 Å². The summed E-state index contributed by atoms with van der Waals surface area (Å²) in [5, 5.41) is 2.57. The number of nitrogens with two attached hydrogens (primary N) is 1. The normalized spacial score (nSPS) is 13.0. The SMILES string of the molecule is CCOC(=O)[C@@H](C)C[C@@H](NC(=O)Cc1ccccc1)C(N)=O. The summed E-state index contributed by atoms with van der Waals surface area (Å²) < 4.78 is 4.88. The molecule has 120 valence electrons.